The van der Waals surface area contributed by atoms with E-state index >= 15 is 0 Å². The lowest BCUT2D eigenvalue weighted by Gasteiger charge is -2.15. The molecule has 1 atom stereocenters. The summed E-state index contributed by atoms with van der Waals surface area (Å²) in [5.41, 5.74) is 1.04. The molecule has 6 nitrogen and oxygen atoms in total. The van der Waals surface area contributed by atoms with Gasteiger partial charge < -0.3 is 10.1 Å². The molecule has 0 aliphatic rings. The lowest BCUT2D eigenvalue weighted by Crippen LogP contribution is -2.30. The largest absolute Gasteiger partial charge is 0.494 e. The summed E-state index contributed by atoms with van der Waals surface area (Å²) >= 11 is 0. The molecular formula is C17H24N4O2. The standard InChI is InChI=1S/C17H24N4O2/c1-13(2)8-9-23-16-6-4-15(5-7-16)14(3)20-17(22)10-21-12-18-11-19-21/h4-7,11-14H,8-10H2,1-3H3,(H,20,22)/t14-/m0/s1. The van der Waals surface area contributed by atoms with Crippen LogP contribution in [0.15, 0.2) is 36.9 Å². The molecule has 0 aliphatic heterocycles. The molecule has 0 saturated heterocycles. The average Bonchev–Trinajstić information content (AvgIpc) is 3.00. The second-order valence-corrected chi connectivity index (χ2v) is 5.98. The Morgan fingerprint density at radius 2 is 2.00 bits per heavy atom. The quantitative estimate of drug-likeness (QED) is 0.812. The number of aromatic nitrogens is 3. The number of nitrogens with zero attached hydrogens (tertiary/aromatic N) is 3. The number of ether oxygens (including phenoxy) is 1. The Hall–Kier alpha value is -2.37. The molecule has 0 unspecified atom stereocenters. The van der Waals surface area contributed by atoms with Crippen molar-refractivity contribution < 1.29 is 9.53 Å². The fourth-order valence-corrected chi connectivity index (χ4v) is 2.10. The molecule has 0 spiro atoms. The number of rotatable bonds is 8. The topological polar surface area (TPSA) is 69.0 Å². The van der Waals surface area contributed by atoms with Gasteiger partial charge >= 0.3 is 0 Å². The molecule has 23 heavy (non-hydrogen) atoms. The van der Waals surface area contributed by atoms with Crippen molar-refractivity contribution >= 4 is 5.91 Å². The van der Waals surface area contributed by atoms with Gasteiger partial charge in [0, 0.05) is 0 Å². The summed E-state index contributed by atoms with van der Waals surface area (Å²) in [5.74, 6) is 1.39. The fraction of sp³-hybridized carbons (Fsp3) is 0.471. The van der Waals surface area contributed by atoms with Gasteiger partial charge in [0.15, 0.2) is 0 Å². The van der Waals surface area contributed by atoms with Crippen molar-refractivity contribution in [3.8, 4) is 5.75 Å². The summed E-state index contributed by atoms with van der Waals surface area (Å²) in [6.07, 6.45) is 3.97. The molecule has 0 fully saturated rings. The van der Waals surface area contributed by atoms with E-state index in [-0.39, 0.29) is 18.5 Å². The number of carbonyl (C=O) groups excluding carboxylic acids is 1. The minimum absolute atomic E-state index is 0.0734. The first-order valence-corrected chi connectivity index (χ1v) is 7.89. The van der Waals surface area contributed by atoms with E-state index < -0.39 is 0 Å². The second kappa shape index (κ2) is 8.31. The lowest BCUT2D eigenvalue weighted by atomic mass is 10.1. The molecule has 1 amide bonds. The van der Waals surface area contributed by atoms with E-state index in [0.29, 0.717) is 5.92 Å². The molecule has 0 radical (unpaired) electrons. The highest BCUT2D eigenvalue weighted by molar-refractivity contribution is 5.76. The van der Waals surface area contributed by atoms with E-state index in [4.69, 9.17) is 4.74 Å². The van der Waals surface area contributed by atoms with Gasteiger partial charge in [0.05, 0.1) is 12.6 Å². The number of carbonyl (C=O) groups is 1. The van der Waals surface area contributed by atoms with Gasteiger partial charge in [-0.3, -0.25) is 4.79 Å². The maximum absolute atomic E-state index is 11.9. The molecule has 0 aliphatic carbocycles. The first kappa shape index (κ1) is 17.0. The van der Waals surface area contributed by atoms with Crippen LogP contribution in [0.4, 0.5) is 0 Å². The molecule has 2 aromatic rings. The molecule has 0 bridgehead atoms. The van der Waals surface area contributed by atoms with Gasteiger partial charge in [0.2, 0.25) is 5.91 Å². The van der Waals surface area contributed by atoms with E-state index in [1.807, 2.05) is 31.2 Å². The molecule has 1 aromatic carbocycles. The Labute approximate surface area is 136 Å². The predicted molar refractivity (Wildman–Crippen MR) is 88.0 cm³/mol. The number of amides is 1. The molecule has 2 rings (SSSR count). The normalized spacial score (nSPS) is 12.2. The van der Waals surface area contributed by atoms with Crippen LogP contribution in [0.5, 0.6) is 5.75 Å². The van der Waals surface area contributed by atoms with E-state index in [1.54, 1.807) is 0 Å². The summed E-state index contributed by atoms with van der Waals surface area (Å²) in [7, 11) is 0. The number of hydrogen-bond donors (Lipinski definition) is 1. The van der Waals surface area contributed by atoms with Gasteiger partial charge in [-0.1, -0.05) is 26.0 Å². The SMILES string of the molecule is CC(C)CCOc1ccc([C@H](C)NC(=O)Cn2cncn2)cc1. The number of hydrogen-bond acceptors (Lipinski definition) is 4. The summed E-state index contributed by atoms with van der Waals surface area (Å²) < 4.78 is 7.19. The molecule has 124 valence electrons. The van der Waals surface area contributed by atoms with E-state index in [0.717, 1.165) is 24.3 Å². The highest BCUT2D eigenvalue weighted by Crippen LogP contribution is 2.18. The van der Waals surface area contributed by atoms with Crippen molar-refractivity contribution in [2.24, 2.45) is 5.92 Å². The van der Waals surface area contributed by atoms with Crippen LogP contribution in [0.3, 0.4) is 0 Å². The lowest BCUT2D eigenvalue weighted by molar-refractivity contribution is -0.122. The van der Waals surface area contributed by atoms with Crippen molar-refractivity contribution in [3.63, 3.8) is 0 Å². The van der Waals surface area contributed by atoms with Gasteiger partial charge in [0.1, 0.15) is 24.9 Å². The first-order valence-electron chi connectivity index (χ1n) is 7.89. The van der Waals surface area contributed by atoms with Crippen LogP contribution >= 0.6 is 0 Å². The van der Waals surface area contributed by atoms with Crippen LogP contribution in [0.2, 0.25) is 0 Å². The van der Waals surface area contributed by atoms with Crippen LogP contribution < -0.4 is 10.1 Å². The van der Waals surface area contributed by atoms with Crippen molar-refractivity contribution in [3.05, 3.63) is 42.5 Å². The van der Waals surface area contributed by atoms with Crippen LogP contribution in [0.25, 0.3) is 0 Å². The first-order chi connectivity index (χ1) is 11.0. The monoisotopic (exact) mass is 316 g/mol. The van der Waals surface area contributed by atoms with E-state index in [9.17, 15) is 4.79 Å². The minimum atomic E-state index is -0.0970. The Balaban J connectivity index is 1.82. The molecule has 1 aromatic heterocycles. The van der Waals surface area contributed by atoms with Crippen LogP contribution in [0, 0.1) is 5.92 Å². The average molecular weight is 316 g/mol. The zero-order valence-electron chi connectivity index (χ0n) is 13.9. The zero-order valence-corrected chi connectivity index (χ0v) is 13.9. The summed E-state index contributed by atoms with van der Waals surface area (Å²) in [4.78, 5) is 15.8. The minimum Gasteiger partial charge on any atom is -0.494 e. The summed E-state index contributed by atoms with van der Waals surface area (Å²) in [6.45, 7) is 7.20. The van der Waals surface area contributed by atoms with Crippen molar-refractivity contribution in [1.29, 1.82) is 0 Å². The van der Waals surface area contributed by atoms with Gasteiger partial charge in [-0.05, 0) is 37.0 Å². The van der Waals surface area contributed by atoms with Crippen LogP contribution in [0.1, 0.15) is 38.8 Å². The Morgan fingerprint density at radius 1 is 1.26 bits per heavy atom. The van der Waals surface area contributed by atoms with Gasteiger partial charge in [-0.15, -0.1) is 0 Å². The van der Waals surface area contributed by atoms with Crippen LogP contribution in [-0.4, -0.2) is 27.3 Å². The smallest absolute Gasteiger partial charge is 0.242 e. The van der Waals surface area contributed by atoms with Crippen LogP contribution in [-0.2, 0) is 11.3 Å². The summed E-state index contributed by atoms with van der Waals surface area (Å²) in [5, 5.41) is 6.86. The molecule has 1 heterocycles. The van der Waals surface area contributed by atoms with Gasteiger partial charge in [0.25, 0.3) is 0 Å². The Kier molecular flexibility index (Phi) is 6.14. The van der Waals surface area contributed by atoms with E-state index in [2.05, 4.69) is 29.2 Å². The number of benzene rings is 1. The highest BCUT2D eigenvalue weighted by atomic mass is 16.5. The van der Waals surface area contributed by atoms with Gasteiger partial charge in [-0.2, -0.15) is 5.10 Å². The maximum Gasteiger partial charge on any atom is 0.242 e. The molecule has 0 saturated carbocycles. The molecule has 6 heteroatoms. The van der Waals surface area contributed by atoms with Crippen molar-refractivity contribution in [2.45, 2.75) is 39.8 Å². The molecule has 1 N–H and O–H groups in total. The fourth-order valence-electron chi connectivity index (χ4n) is 2.10. The van der Waals surface area contributed by atoms with Crippen molar-refractivity contribution in [1.82, 2.24) is 20.1 Å². The zero-order chi connectivity index (χ0) is 16.7. The van der Waals surface area contributed by atoms with E-state index in [1.165, 1.54) is 17.3 Å². The maximum atomic E-state index is 11.9. The Morgan fingerprint density at radius 3 is 2.61 bits per heavy atom. The third-order valence-electron chi connectivity index (χ3n) is 3.49. The number of nitrogens with one attached hydrogen (secondary N) is 1. The second-order valence-electron chi connectivity index (χ2n) is 5.98. The van der Waals surface area contributed by atoms with Gasteiger partial charge in [-0.25, -0.2) is 9.67 Å². The predicted octanol–water partition coefficient (Wildman–Crippen LogP) is 2.58. The third-order valence-corrected chi connectivity index (χ3v) is 3.49. The third kappa shape index (κ3) is 5.73. The summed E-state index contributed by atoms with van der Waals surface area (Å²) in [6, 6.07) is 7.76. The molecular weight excluding hydrogens is 292 g/mol. The Bertz CT molecular complexity index is 594. The van der Waals surface area contributed by atoms with Crippen molar-refractivity contribution in [2.75, 3.05) is 6.61 Å². The highest BCUT2D eigenvalue weighted by Gasteiger charge is 2.10.